The van der Waals surface area contributed by atoms with Crippen molar-refractivity contribution in [3.8, 4) is 0 Å². The van der Waals surface area contributed by atoms with Gasteiger partial charge in [-0.3, -0.25) is 9.78 Å². The predicted molar refractivity (Wildman–Crippen MR) is 95.2 cm³/mol. The number of hydrogen-bond acceptors (Lipinski definition) is 5. The third kappa shape index (κ3) is 2.82. The number of aromatic nitrogens is 1. The van der Waals surface area contributed by atoms with Gasteiger partial charge in [-0.15, -0.1) is 0 Å². The van der Waals surface area contributed by atoms with Crippen molar-refractivity contribution >= 4 is 34.4 Å². The van der Waals surface area contributed by atoms with E-state index in [0.717, 1.165) is 12.0 Å². The summed E-state index contributed by atoms with van der Waals surface area (Å²) < 4.78 is 10.6. The number of carbonyl (C=O) groups excluding carboxylic acids is 2. The van der Waals surface area contributed by atoms with E-state index in [1.165, 1.54) is 13.2 Å². The molecule has 1 aromatic carbocycles. The molecule has 3 aromatic rings. The van der Waals surface area contributed by atoms with E-state index in [1.54, 1.807) is 29.4 Å². The molecule has 7 heteroatoms. The number of ether oxygens (including phenoxy) is 1. The van der Waals surface area contributed by atoms with Crippen LogP contribution in [0.5, 0.6) is 0 Å². The number of halogens is 1. The van der Waals surface area contributed by atoms with Gasteiger partial charge in [0.05, 0.1) is 19.2 Å². The van der Waals surface area contributed by atoms with E-state index in [9.17, 15) is 9.59 Å². The Labute approximate surface area is 154 Å². The third-order valence-electron chi connectivity index (χ3n) is 4.46. The van der Waals surface area contributed by atoms with E-state index in [2.05, 4.69) is 4.98 Å². The van der Waals surface area contributed by atoms with Crippen molar-refractivity contribution in [2.45, 2.75) is 13.0 Å². The van der Waals surface area contributed by atoms with Gasteiger partial charge in [0.25, 0.3) is 5.91 Å². The minimum Gasteiger partial charge on any atom is -0.465 e. The van der Waals surface area contributed by atoms with Gasteiger partial charge in [0.1, 0.15) is 16.9 Å². The molecule has 2 aromatic heterocycles. The van der Waals surface area contributed by atoms with Crippen LogP contribution < -0.4 is 0 Å². The summed E-state index contributed by atoms with van der Waals surface area (Å²) in [5.41, 5.74) is 2.29. The van der Waals surface area contributed by atoms with Gasteiger partial charge in [-0.1, -0.05) is 11.6 Å². The zero-order valence-corrected chi connectivity index (χ0v) is 14.7. The van der Waals surface area contributed by atoms with Crippen LogP contribution in [-0.2, 0) is 17.7 Å². The van der Waals surface area contributed by atoms with Gasteiger partial charge in [-0.25, -0.2) is 4.79 Å². The van der Waals surface area contributed by atoms with Crippen molar-refractivity contribution < 1.29 is 18.7 Å². The molecule has 26 heavy (non-hydrogen) atoms. The fraction of sp³-hybridized carbons (Fsp3) is 0.211. The van der Waals surface area contributed by atoms with E-state index in [-0.39, 0.29) is 11.5 Å². The molecule has 1 aliphatic rings. The number of carbonyl (C=O) groups is 2. The third-order valence-corrected chi connectivity index (χ3v) is 4.68. The smallest absolute Gasteiger partial charge is 0.341 e. The predicted octanol–water partition coefficient (Wildman–Crippen LogP) is 3.47. The Bertz CT molecular complexity index is 1030. The van der Waals surface area contributed by atoms with Gasteiger partial charge in [0, 0.05) is 29.3 Å². The first-order chi connectivity index (χ1) is 12.6. The van der Waals surface area contributed by atoms with Crippen LogP contribution in [0, 0.1) is 0 Å². The van der Waals surface area contributed by atoms with Gasteiger partial charge in [0.15, 0.2) is 0 Å². The zero-order chi connectivity index (χ0) is 18.3. The number of amides is 1. The first-order valence-electron chi connectivity index (χ1n) is 8.09. The summed E-state index contributed by atoms with van der Waals surface area (Å²) in [6.07, 6.45) is 4.06. The molecule has 0 bridgehead atoms. The Balaban J connectivity index is 1.66. The zero-order valence-electron chi connectivity index (χ0n) is 14.0. The summed E-state index contributed by atoms with van der Waals surface area (Å²) in [6.45, 7) is 0.900. The summed E-state index contributed by atoms with van der Waals surface area (Å²) in [4.78, 5) is 30.4. The number of rotatable bonds is 3. The van der Waals surface area contributed by atoms with E-state index >= 15 is 0 Å². The number of benzene rings is 1. The maximum Gasteiger partial charge on any atom is 0.341 e. The molecule has 0 N–H and O–H groups in total. The Hall–Kier alpha value is -2.86. The molecule has 0 saturated carbocycles. The summed E-state index contributed by atoms with van der Waals surface area (Å²) in [5.74, 6) is -0.0217. The van der Waals surface area contributed by atoms with E-state index in [1.807, 2.05) is 6.07 Å². The highest BCUT2D eigenvalue weighted by molar-refractivity contribution is 6.32. The summed E-state index contributed by atoms with van der Waals surface area (Å²) >= 11 is 6.08. The number of pyridine rings is 1. The molecule has 0 atom stereocenters. The van der Waals surface area contributed by atoms with Crippen molar-refractivity contribution in [1.82, 2.24) is 9.88 Å². The SMILES string of the molecule is COC(=O)c1cc(Cl)cc2cc(CN3CCc4ccncc4C3=O)oc12. The molecule has 132 valence electrons. The maximum absolute atomic E-state index is 12.7. The molecule has 6 nitrogen and oxygen atoms in total. The lowest BCUT2D eigenvalue weighted by molar-refractivity contribution is 0.0600. The Morgan fingerprint density at radius 1 is 1.38 bits per heavy atom. The molecule has 0 spiro atoms. The molecule has 0 unspecified atom stereocenters. The molecule has 4 rings (SSSR count). The van der Waals surface area contributed by atoms with E-state index in [0.29, 0.717) is 40.4 Å². The van der Waals surface area contributed by atoms with Crippen LogP contribution in [0.3, 0.4) is 0 Å². The molecule has 1 aliphatic heterocycles. The van der Waals surface area contributed by atoms with Gasteiger partial charge in [-0.2, -0.15) is 0 Å². The van der Waals surface area contributed by atoms with Crippen LogP contribution in [0.1, 0.15) is 32.0 Å². The van der Waals surface area contributed by atoms with Gasteiger partial charge >= 0.3 is 5.97 Å². The monoisotopic (exact) mass is 370 g/mol. The van der Waals surface area contributed by atoms with Gasteiger partial charge in [0.2, 0.25) is 0 Å². The average Bonchev–Trinajstić information content (AvgIpc) is 3.05. The van der Waals surface area contributed by atoms with E-state index in [4.69, 9.17) is 20.8 Å². The van der Waals surface area contributed by atoms with Gasteiger partial charge < -0.3 is 14.1 Å². The number of fused-ring (bicyclic) bond motifs is 2. The molecular weight excluding hydrogens is 356 g/mol. The Kier molecular flexibility index (Phi) is 4.12. The van der Waals surface area contributed by atoms with Crippen molar-refractivity contribution in [1.29, 1.82) is 0 Å². The van der Waals surface area contributed by atoms with Crippen LogP contribution in [-0.4, -0.2) is 35.4 Å². The quantitative estimate of drug-likeness (QED) is 0.660. The largest absolute Gasteiger partial charge is 0.465 e. The number of methoxy groups -OCH3 is 1. The lowest BCUT2D eigenvalue weighted by Crippen LogP contribution is -2.37. The summed E-state index contributed by atoms with van der Waals surface area (Å²) in [7, 11) is 1.30. The van der Waals surface area contributed by atoms with Crippen LogP contribution >= 0.6 is 11.6 Å². The highest BCUT2D eigenvalue weighted by Gasteiger charge is 2.26. The second kappa shape index (κ2) is 6.46. The van der Waals surface area contributed by atoms with Crippen molar-refractivity contribution in [3.63, 3.8) is 0 Å². The van der Waals surface area contributed by atoms with E-state index < -0.39 is 5.97 Å². The lowest BCUT2D eigenvalue weighted by Gasteiger charge is -2.27. The summed E-state index contributed by atoms with van der Waals surface area (Å²) in [5, 5.41) is 1.11. The maximum atomic E-state index is 12.7. The molecule has 1 amide bonds. The first kappa shape index (κ1) is 16.6. The second-order valence-corrected chi connectivity index (χ2v) is 6.52. The highest BCUT2D eigenvalue weighted by atomic mass is 35.5. The van der Waals surface area contributed by atoms with Gasteiger partial charge in [-0.05, 0) is 36.2 Å². The van der Waals surface area contributed by atoms with Crippen LogP contribution in [0.25, 0.3) is 11.0 Å². The minimum atomic E-state index is -0.521. The number of furan rings is 1. The summed E-state index contributed by atoms with van der Waals surface area (Å²) in [6, 6.07) is 6.89. The average molecular weight is 371 g/mol. The fourth-order valence-corrected chi connectivity index (χ4v) is 3.44. The number of hydrogen-bond donors (Lipinski definition) is 0. The highest BCUT2D eigenvalue weighted by Crippen LogP contribution is 2.29. The number of nitrogens with zero attached hydrogens (tertiary/aromatic N) is 2. The Morgan fingerprint density at radius 3 is 3.04 bits per heavy atom. The fourth-order valence-electron chi connectivity index (χ4n) is 3.21. The normalized spacial score (nSPS) is 13.8. The van der Waals surface area contributed by atoms with Crippen LogP contribution in [0.4, 0.5) is 0 Å². The van der Waals surface area contributed by atoms with Crippen molar-refractivity contribution in [2.24, 2.45) is 0 Å². The second-order valence-electron chi connectivity index (χ2n) is 6.09. The Morgan fingerprint density at radius 2 is 2.23 bits per heavy atom. The van der Waals surface area contributed by atoms with Crippen molar-refractivity contribution in [3.05, 3.63) is 64.1 Å². The lowest BCUT2D eigenvalue weighted by atomic mass is 10.0. The number of esters is 1. The first-order valence-corrected chi connectivity index (χ1v) is 8.47. The van der Waals surface area contributed by atoms with Crippen molar-refractivity contribution in [2.75, 3.05) is 13.7 Å². The molecule has 0 aliphatic carbocycles. The molecule has 3 heterocycles. The standard InChI is InChI=1S/C19H15ClN2O4/c1-25-19(24)15-8-13(20)6-12-7-14(26-17(12)15)10-22-5-3-11-2-4-21-9-16(11)18(22)23/h2,4,6-9H,3,5,10H2,1H3. The molecule has 0 fully saturated rings. The molecule has 0 radical (unpaired) electrons. The molecule has 0 saturated heterocycles. The van der Waals surface area contributed by atoms with Crippen LogP contribution in [0.15, 0.2) is 41.1 Å². The topological polar surface area (TPSA) is 72.6 Å². The molecular formula is C19H15ClN2O4. The minimum absolute atomic E-state index is 0.0778. The van der Waals surface area contributed by atoms with Crippen LogP contribution in [0.2, 0.25) is 5.02 Å².